The summed E-state index contributed by atoms with van der Waals surface area (Å²) in [6.07, 6.45) is 1.68. The number of likely N-dealkylation sites (tertiary alicyclic amines) is 1. The third kappa shape index (κ3) is 3.80. The van der Waals surface area contributed by atoms with Crippen LogP contribution in [-0.4, -0.2) is 38.9 Å². The van der Waals surface area contributed by atoms with Crippen molar-refractivity contribution >= 4 is 23.7 Å². The fourth-order valence-electron chi connectivity index (χ4n) is 3.41. The van der Waals surface area contributed by atoms with Crippen LogP contribution in [0.15, 0.2) is 42.6 Å². The van der Waals surface area contributed by atoms with Crippen LogP contribution in [0.3, 0.4) is 0 Å². The predicted molar refractivity (Wildman–Crippen MR) is 102 cm³/mol. The number of anilines is 1. The fraction of sp³-hybridized carbons (Fsp3) is 0.300. The highest BCUT2D eigenvalue weighted by Crippen LogP contribution is 2.31. The summed E-state index contributed by atoms with van der Waals surface area (Å²) < 4.78 is 0. The summed E-state index contributed by atoms with van der Waals surface area (Å²) in [6, 6.07) is 8.57. The maximum atomic E-state index is 12.6. The number of nitrogens with two attached hydrogens (primary N) is 1. The Labute approximate surface area is 162 Å². The highest BCUT2D eigenvalue weighted by atomic mass is 16.4. The number of urea groups is 1. The number of carboxylic acid groups (broad SMARTS) is 1. The number of carbonyl (C=O) groups excluding carboxylic acids is 2. The Kier molecular flexibility index (Phi) is 5.30. The first-order chi connectivity index (χ1) is 13.3. The molecule has 0 bridgehead atoms. The SMILES string of the molecule is Cc1cccc([C@@H](C)NC(=O)N2C(=O)[C@H](Cc3ccnc(N)c3)[C@H]2C(=O)O)c1. The molecule has 28 heavy (non-hydrogen) atoms. The van der Waals surface area contributed by atoms with Crippen LogP contribution in [0.4, 0.5) is 10.6 Å². The average molecular weight is 382 g/mol. The second-order valence-corrected chi connectivity index (χ2v) is 6.98. The van der Waals surface area contributed by atoms with Crippen LogP contribution in [0.2, 0.25) is 0 Å². The van der Waals surface area contributed by atoms with E-state index in [2.05, 4.69) is 10.3 Å². The molecular formula is C20H22N4O4. The van der Waals surface area contributed by atoms with Gasteiger partial charge in [0.25, 0.3) is 0 Å². The Morgan fingerprint density at radius 1 is 1.32 bits per heavy atom. The molecule has 146 valence electrons. The van der Waals surface area contributed by atoms with Gasteiger partial charge in [-0.1, -0.05) is 29.8 Å². The van der Waals surface area contributed by atoms with Gasteiger partial charge in [0.15, 0.2) is 6.04 Å². The quantitative estimate of drug-likeness (QED) is 0.678. The first-order valence-electron chi connectivity index (χ1n) is 8.91. The Morgan fingerprint density at radius 3 is 2.71 bits per heavy atom. The summed E-state index contributed by atoms with van der Waals surface area (Å²) in [5.41, 5.74) is 8.24. The summed E-state index contributed by atoms with van der Waals surface area (Å²) in [4.78, 5) is 41.5. The highest BCUT2D eigenvalue weighted by Gasteiger charge is 2.54. The lowest BCUT2D eigenvalue weighted by Crippen LogP contribution is -2.68. The number of nitrogen functional groups attached to an aromatic ring is 1. The van der Waals surface area contributed by atoms with Gasteiger partial charge in [-0.25, -0.2) is 19.5 Å². The van der Waals surface area contributed by atoms with Crippen LogP contribution in [-0.2, 0) is 16.0 Å². The standard InChI is InChI=1S/C20H22N4O4/c1-11-4-3-5-14(8-11)12(2)23-20(28)24-17(19(26)27)15(18(24)25)9-13-6-7-22-16(21)10-13/h3-8,10,12,15,17H,9H2,1-2H3,(H2,21,22)(H,23,28)(H,26,27)/t12-,15-,17+/m1/s1. The molecule has 0 unspecified atom stereocenters. The molecule has 1 aliphatic heterocycles. The van der Waals surface area contributed by atoms with Crippen LogP contribution in [0.1, 0.15) is 29.7 Å². The minimum atomic E-state index is -1.22. The van der Waals surface area contributed by atoms with Gasteiger partial charge < -0.3 is 16.2 Å². The van der Waals surface area contributed by atoms with Crippen molar-refractivity contribution in [1.29, 1.82) is 0 Å². The maximum absolute atomic E-state index is 12.6. The Morgan fingerprint density at radius 2 is 2.07 bits per heavy atom. The molecule has 0 spiro atoms. The Hall–Kier alpha value is -3.42. The number of carbonyl (C=O) groups is 3. The topological polar surface area (TPSA) is 126 Å². The zero-order valence-electron chi connectivity index (χ0n) is 15.6. The molecule has 1 saturated heterocycles. The molecule has 1 aromatic heterocycles. The van der Waals surface area contributed by atoms with E-state index < -0.39 is 29.9 Å². The predicted octanol–water partition coefficient (Wildman–Crippen LogP) is 1.90. The maximum Gasteiger partial charge on any atom is 0.327 e. The van der Waals surface area contributed by atoms with Gasteiger partial charge in [-0.15, -0.1) is 0 Å². The van der Waals surface area contributed by atoms with Gasteiger partial charge in [-0.2, -0.15) is 0 Å². The van der Waals surface area contributed by atoms with E-state index in [-0.39, 0.29) is 18.3 Å². The average Bonchev–Trinajstić information content (AvgIpc) is 2.63. The molecule has 3 amide bonds. The number of carboxylic acids is 1. The smallest absolute Gasteiger partial charge is 0.327 e. The van der Waals surface area contributed by atoms with E-state index in [1.807, 2.05) is 31.2 Å². The number of amides is 3. The molecule has 0 saturated carbocycles. The summed E-state index contributed by atoms with van der Waals surface area (Å²) >= 11 is 0. The normalized spacial score (nSPS) is 19.6. The second-order valence-electron chi connectivity index (χ2n) is 6.98. The fourth-order valence-corrected chi connectivity index (χ4v) is 3.41. The van der Waals surface area contributed by atoms with Crippen molar-refractivity contribution in [2.24, 2.45) is 5.92 Å². The number of β-lactam (4-membered cyclic amide) rings is 1. The Bertz CT molecular complexity index is 930. The molecule has 3 atom stereocenters. The number of hydrogen-bond acceptors (Lipinski definition) is 5. The van der Waals surface area contributed by atoms with Crippen molar-refractivity contribution in [2.45, 2.75) is 32.4 Å². The molecule has 1 fully saturated rings. The summed E-state index contributed by atoms with van der Waals surface area (Å²) in [5.74, 6) is -2.27. The van der Waals surface area contributed by atoms with E-state index >= 15 is 0 Å². The number of aryl methyl sites for hydroxylation is 1. The molecule has 1 aliphatic rings. The minimum absolute atomic E-state index is 0.180. The monoisotopic (exact) mass is 382 g/mol. The number of benzene rings is 1. The van der Waals surface area contributed by atoms with Crippen molar-refractivity contribution in [1.82, 2.24) is 15.2 Å². The lowest BCUT2D eigenvalue weighted by molar-refractivity contribution is -0.165. The van der Waals surface area contributed by atoms with Gasteiger partial charge in [-0.05, 0) is 43.5 Å². The number of hydrogen-bond donors (Lipinski definition) is 3. The summed E-state index contributed by atoms with van der Waals surface area (Å²) in [5, 5.41) is 12.3. The van der Waals surface area contributed by atoms with Gasteiger partial charge in [0.05, 0.1) is 12.0 Å². The first-order valence-corrected chi connectivity index (χ1v) is 8.91. The first kappa shape index (κ1) is 19.3. The molecule has 1 aromatic carbocycles. The van der Waals surface area contributed by atoms with Crippen molar-refractivity contribution in [3.05, 3.63) is 59.3 Å². The minimum Gasteiger partial charge on any atom is -0.480 e. The molecule has 8 nitrogen and oxygen atoms in total. The van der Waals surface area contributed by atoms with Crippen molar-refractivity contribution < 1.29 is 19.5 Å². The summed E-state index contributed by atoms with van der Waals surface area (Å²) in [7, 11) is 0. The lowest BCUT2D eigenvalue weighted by Gasteiger charge is -2.43. The third-order valence-electron chi connectivity index (χ3n) is 4.87. The molecule has 8 heteroatoms. The highest BCUT2D eigenvalue weighted by molar-refractivity contribution is 6.07. The zero-order valence-corrected chi connectivity index (χ0v) is 15.6. The number of aliphatic carboxylic acids is 1. The largest absolute Gasteiger partial charge is 0.480 e. The van der Waals surface area contributed by atoms with Crippen LogP contribution < -0.4 is 11.1 Å². The number of nitrogens with zero attached hydrogens (tertiary/aromatic N) is 2. The van der Waals surface area contributed by atoms with Crippen molar-refractivity contribution in [3.63, 3.8) is 0 Å². The molecule has 0 radical (unpaired) electrons. The zero-order chi connectivity index (χ0) is 20.4. The van der Waals surface area contributed by atoms with Gasteiger partial charge in [0.1, 0.15) is 5.82 Å². The Balaban J connectivity index is 1.71. The van der Waals surface area contributed by atoms with Crippen molar-refractivity contribution in [2.75, 3.05) is 5.73 Å². The van der Waals surface area contributed by atoms with Gasteiger partial charge in [0.2, 0.25) is 5.91 Å². The number of pyridine rings is 1. The number of rotatable bonds is 5. The molecule has 4 N–H and O–H groups in total. The van der Waals surface area contributed by atoms with Crippen LogP contribution in [0.5, 0.6) is 0 Å². The van der Waals surface area contributed by atoms with Crippen molar-refractivity contribution in [3.8, 4) is 0 Å². The number of nitrogens with one attached hydrogen (secondary N) is 1. The van der Waals surface area contributed by atoms with Gasteiger partial charge in [0, 0.05) is 6.20 Å². The molecule has 2 aromatic rings. The molecule has 2 heterocycles. The molecule has 0 aliphatic carbocycles. The number of aromatic nitrogens is 1. The molecular weight excluding hydrogens is 360 g/mol. The second kappa shape index (κ2) is 7.67. The summed E-state index contributed by atoms with van der Waals surface area (Å²) in [6.45, 7) is 3.72. The van der Waals surface area contributed by atoms with Gasteiger partial charge >= 0.3 is 12.0 Å². The van der Waals surface area contributed by atoms with Gasteiger partial charge in [-0.3, -0.25) is 4.79 Å². The number of imide groups is 1. The van der Waals surface area contributed by atoms with Crippen LogP contribution in [0.25, 0.3) is 0 Å². The van der Waals surface area contributed by atoms with Crippen LogP contribution in [0, 0.1) is 12.8 Å². The third-order valence-corrected chi connectivity index (χ3v) is 4.87. The van der Waals surface area contributed by atoms with E-state index in [1.54, 1.807) is 19.1 Å². The van der Waals surface area contributed by atoms with E-state index in [0.717, 1.165) is 16.0 Å². The van der Waals surface area contributed by atoms with E-state index in [0.29, 0.717) is 5.56 Å². The van der Waals surface area contributed by atoms with E-state index in [4.69, 9.17) is 5.73 Å². The molecule has 3 rings (SSSR count). The lowest BCUT2D eigenvalue weighted by atomic mass is 9.82. The van der Waals surface area contributed by atoms with E-state index in [9.17, 15) is 19.5 Å². The van der Waals surface area contributed by atoms with E-state index in [1.165, 1.54) is 6.20 Å². The van der Waals surface area contributed by atoms with Crippen LogP contribution >= 0.6 is 0 Å².